The van der Waals surface area contributed by atoms with Gasteiger partial charge in [-0.25, -0.2) is 4.39 Å². The molecule has 4 rings (SSSR count). The molecule has 12 heteroatoms. The Morgan fingerprint density at radius 1 is 1.02 bits per heavy atom. The molecule has 1 atom stereocenters. The first-order valence-corrected chi connectivity index (χ1v) is 13.9. The van der Waals surface area contributed by atoms with Crippen LogP contribution in [0.4, 0.5) is 17.6 Å². The Morgan fingerprint density at radius 2 is 1.73 bits per heavy atom. The van der Waals surface area contributed by atoms with Gasteiger partial charge in [-0.05, 0) is 65.4 Å². The smallest absolute Gasteiger partial charge is 0.342 e. The molecular formula is C29H27ClF4N2O4S. The van der Waals surface area contributed by atoms with Crippen LogP contribution < -0.4 is 5.32 Å². The molecule has 1 aromatic heterocycles. The zero-order valence-electron chi connectivity index (χ0n) is 21.8. The van der Waals surface area contributed by atoms with Crippen LogP contribution in [0.15, 0.2) is 71.6 Å². The van der Waals surface area contributed by atoms with Gasteiger partial charge >= 0.3 is 12.1 Å². The van der Waals surface area contributed by atoms with E-state index >= 15 is 0 Å². The molecule has 4 N–H and O–H groups in total. The Labute approximate surface area is 242 Å². The number of aliphatic hydroxyl groups is 3. The average molecular weight is 611 g/mol. The lowest BCUT2D eigenvalue weighted by Crippen LogP contribution is -2.46. The SMILES string of the molecule is CCSc1ccc(C(NC(=O)c2ccc3c(c2)cc(Cc2ccc(Cl)cc2C(F)(F)F)n3CCF)C(O)(O)O)cc1. The van der Waals surface area contributed by atoms with Crippen LogP contribution in [0, 0.1) is 0 Å². The molecule has 0 aliphatic rings. The number of aromatic nitrogens is 1. The summed E-state index contributed by atoms with van der Waals surface area (Å²) in [6.07, 6.45) is -4.81. The molecule has 0 radical (unpaired) electrons. The van der Waals surface area contributed by atoms with Crippen molar-refractivity contribution in [1.82, 2.24) is 9.88 Å². The number of rotatable bonds is 10. The predicted molar refractivity (Wildman–Crippen MR) is 150 cm³/mol. The maximum Gasteiger partial charge on any atom is 0.416 e. The maximum atomic E-state index is 13.7. The Morgan fingerprint density at radius 3 is 2.34 bits per heavy atom. The molecule has 6 nitrogen and oxygen atoms in total. The summed E-state index contributed by atoms with van der Waals surface area (Å²) in [6.45, 7) is 1.09. The van der Waals surface area contributed by atoms with Gasteiger partial charge < -0.3 is 25.2 Å². The number of alkyl halides is 4. The molecule has 0 bridgehead atoms. The van der Waals surface area contributed by atoms with Crippen LogP contribution in [-0.2, 0) is 19.1 Å². The van der Waals surface area contributed by atoms with E-state index in [-0.39, 0.29) is 34.7 Å². The topological polar surface area (TPSA) is 94.7 Å². The highest BCUT2D eigenvalue weighted by Gasteiger charge is 2.36. The van der Waals surface area contributed by atoms with Crippen molar-refractivity contribution >= 4 is 40.2 Å². The molecule has 4 aromatic rings. The van der Waals surface area contributed by atoms with Crippen molar-refractivity contribution < 1.29 is 37.7 Å². The minimum atomic E-state index is -4.64. The number of nitrogens with one attached hydrogen (secondary N) is 1. The fraction of sp³-hybridized carbons (Fsp3) is 0.276. The number of thioether (sulfide) groups is 1. The normalized spacial score (nSPS) is 13.0. The highest BCUT2D eigenvalue weighted by atomic mass is 35.5. The van der Waals surface area contributed by atoms with Crippen molar-refractivity contribution in [2.45, 2.75) is 43.0 Å². The number of halogens is 5. The van der Waals surface area contributed by atoms with E-state index in [1.807, 2.05) is 6.92 Å². The zero-order chi connectivity index (χ0) is 29.9. The molecule has 1 unspecified atom stereocenters. The maximum absolute atomic E-state index is 13.7. The Hall–Kier alpha value is -3.09. The van der Waals surface area contributed by atoms with Crippen LogP contribution in [0.25, 0.3) is 10.9 Å². The lowest BCUT2D eigenvalue weighted by molar-refractivity contribution is -0.328. The lowest BCUT2D eigenvalue weighted by atomic mass is 10.0. The second kappa shape index (κ2) is 12.4. The average Bonchev–Trinajstić information content (AvgIpc) is 3.24. The van der Waals surface area contributed by atoms with Gasteiger partial charge in [0, 0.05) is 38.5 Å². The second-order valence-corrected chi connectivity index (χ2v) is 11.1. The standard InChI is InChI=1S/C29H27ClF4N2O4S/c1-2-41-23-8-4-17(5-9-23)26(29(38,39)40)35-27(37)19-6-10-25-20(13-19)15-22(36(25)12-11-31)14-18-3-7-21(30)16-24(18)28(32,33)34/h3-10,13,15-16,26,38-40H,2,11-12,14H2,1H3,(H,35,37). The molecular weight excluding hydrogens is 584 g/mol. The van der Waals surface area contributed by atoms with E-state index in [1.54, 1.807) is 46.7 Å². The van der Waals surface area contributed by atoms with Crippen LogP contribution in [0.2, 0.25) is 5.02 Å². The van der Waals surface area contributed by atoms with Crippen LogP contribution >= 0.6 is 23.4 Å². The van der Waals surface area contributed by atoms with Gasteiger partial charge in [0.05, 0.1) is 12.1 Å². The molecule has 0 aliphatic heterocycles. The minimum Gasteiger partial charge on any atom is -0.342 e. The van der Waals surface area contributed by atoms with Crippen molar-refractivity contribution in [2.24, 2.45) is 0 Å². The fourth-order valence-electron chi connectivity index (χ4n) is 4.67. The number of hydrogen-bond donors (Lipinski definition) is 4. The van der Waals surface area contributed by atoms with E-state index in [0.29, 0.717) is 16.6 Å². The van der Waals surface area contributed by atoms with Crippen molar-refractivity contribution in [1.29, 1.82) is 0 Å². The van der Waals surface area contributed by atoms with Gasteiger partial charge in [-0.3, -0.25) is 4.79 Å². The van der Waals surface area contributed by atoms with Crippen LogP contribution in [0.1, 0.15) is 45.7 Å². The molecule has 41 heavy (non-hydrogen) atoms. The molecule has 3 aromatic carbocycles. The van der Waals surface area contributed by atoms with Crippen molar-refractivity contribution in [3.8, 4) is 0 Å². The summed E-state index contributed by atoms with van der Waals surface area (Å²) in [5.41, 5.74) is 0.279. The summed E-state index contributed by atoms with van der Waals surface area (Å²) < 4.78 is 56.0. The van der Waals surface area contributed by atoms with E-state index in [1.165, 1.54) is 30.3 Å². The number of carbonyl (C=O) groups excluding carboxylic acids is 1. The summed E-state index contributed by atoms with van der Waals surface area (Å²) >= 11 is 7.36. The fourth-order valence-corrected chi connectivity index (χ4v) is 5.50. The summed E-state index contributed by atoms with van der Waals surface area (Å²) in [5, 5.41) is 32.7. The number of amides is 1. The number of fused-ring (bicyclic) bond motifs is 1. The summed E-state index contributed by atoms with van der Waals surface area (Å²) in [5.74, 6) is -3.20. The molecule has 0 saturated heterocycles. The van der Waals surface area contributed by atoms with Crippen molar-refractivity contribution in [2.75, 3.05) is 12.4 Å². The van der Waals surface area contributed by atoms with Gasteiger partial charge in [-0.2, -0.15) is 13.2 Å². The van der Waals surface area contributed by atoms with Gasteiger partial charge in [0.1, 0.15) is 12.7 Å². The van der Waals surface area contributed by atoms with Crippen molar-refractivity contribution in [3.05, 3.63) is 99.7 Å². The third kappa shape index (κ3) is 7.22. The van der Waals surface area contributed by atoms with Crippen LogP contribution in [-0.4, -0.2) is 44.2 Å². The first-order chi connectivity index (χ1) is 19.3. The number of aryl methyl sites for hydroxylation is 1. The lowest BCUT2D eigenvalue weighted by Gasteiger charge is -2.27. The van der Waals surface area contributed by atoms with E-state index in [0.717, 1.165) is 16.7 Å². The monoisotopic (exact) mass is 610 g/mol. The summed E-state index contributed by atoms with van der Waals surface area (Å²) in [6, 6.07) is 14.4. The molecule has 1 amide bonds. The van der Waals surface area contributed by atoms with E-state index in [9.17, 15) is 37.7 Å². The van der Waals surface area contributed by atoms with E-state index in [2.05, 4.69) is 5.32 Å². The highest BCUT2D eigenvalue weighted by molar-refractivity contribution is 7.99. The molecule has 1 heterocycles. The molecule has 0 aliphatic carbocycles. The van der Waals surface area contributed by atoms with Crippen LogP contribution in [0.3, 0.4) is 0 Å². The summed E-state index contributed by atoms with van der Waals surface area (Å²) in [4.78, 5) is 14.0. The minimum absolute atomic E-state index is 0.0424. The number of nitrogens with zero attached hydrogens (tertiary/aromatic N) is 1. The first-order valence-electron chi connectivity index (χ1n) is 12.6. The predicted octanol–water partition coefficient (Wildman–Crippen LogP) is 6.09. The van der Waals surface area contributed by atoms with Crippen LogP contribution in [0.5, 0.6) is 0 Å². The molecule has 0 fully saturated rings. The summed E-state index contributed by atoms with van der Waals surface area (Å²) in [7, 11) is 0. The molecule has 218 valence electrons. The third-order valence-electron chi connectivity index (χ3n) is 6.49. The Balaban J connectivity index is 1.66. The Bertz CT molecular complexity index is 1540. The quantitative estimate of drug-likeness (QED) is 0.0991. The number of benzene rings is 3. The first kappa shape index (κ1) is 30.9. The largest absolute Gasteiger partial charge is 0.416 e. The van der Waals surface area contributed by atoms with Crippen molar-refractivity contribution in [3.63, 3.8) is 0 Å². The van der Waals surface area contributed by atoms with Gasteiger partial charge in [0.25, 0.3) is 5.91 Å². The second-order valence-electron chi connectivity index (χ2n) is 9.32. The van der Waals surface area contributed by atoms with Gasteiger partial charge in [-0.1, -0.05) is 36.7 Å². The van der Waals surface area contributed by atoms with E-state index < -0.39 is 36.3 Å². The Kier molecular flexibility index (Phi) is 9.35. The van der Waals surface area contributed by atoms with Gasteiger partial charge in [-0.15, -0.1) is 11.8 Å². The van der Waals surface area contributed by atoms with Gasteiger partial charge in [0.15, 0.2) is 0 Å². The zero-order valence-corrected chi connectivity index (χ0v) is 23.3. The van der Waals surface area contributed by atoms with Gasteiger partial charge in [0.2, 0.25) is 0 Å². The molecule has 0 spiro atoms. The third-order valence-corrected chi connectivity index (χ3v) is 7.62. The number of carbonyl (C=O) groups is 1. The number of hydrogen-bond acceptors (Lipinski definition) is 5. The van der Waals surface area contributed by atoms with E-state index in [4.69, 9.17) is 11.6 Å². The highest BCUT2D eigenvalue weighted by Crippen LogP contribution is 2.35. The molecule has 0 saturated carbocycles.